The van der Waals surface area contributed by atoms with Crippen LogP contribution in [0.4, 0.5) is 21.6 Å². The predicted molar refractivity (Wildman–Crippen MR) is 122 cm³/mol. The Bertz CT molecular complexity index is 1370. The number of hydrogen-bond donors (Lipinski definition) is 3. The van der Waals surface area contributed by atoms with Crippen LogP contribution < -0.4 is 21.5 Å². The molecule has 0 atom stereocenters. The van der Waals surface area contributed by atoms with Crippen molar-refractivity contribution < 1.29 is 13.9 Å². The molecule has 0 bridgehead atoms. The molecule has 0 unspecified atom stereocenters. The monoisotopic (exact) mass is 440 g/mol. The lowest BCUT2D eigenvalue weighted by molar-refractivity contribution is 0.102. The fraction of sp³-hybridized carbons (Fsp3) is 0. The number of aromatic nitrogens is 2. The van der Waals surface area contributed by atoms with E-state index in [4.69, 9.17) is 21.5 Å². The summed E-state index contributed by atoms with van der Waals surface area (Å²) >= 11 is 0. The Balaban J connectivity index is 1.48. The molecule has 5 N–H and O–H groups in total. The third kappa shape index (κ3) is 4.86. The fourth-order valence-corrected chi connectivity index (χ4v) is 2.92. The lowest BCUT2D eigenvalue weighted by Crippen LogP contribution is -2.14. The number of ether oxygens (including phenoxy) is 1. The Hall–Kier alpha value is -4.97. The summed E-state index contributed by atoms with van der Waals surface area (Å²) in [4.78, 5) is 20.8. The molecule has 1 amide bonds. The molecule has 4 rings (SSSR count). The van der Waals surface area contributed by atoms with Gasteiger partial charge in [0.15, 0.2) is 11.6 Å². The normalized spacial score (nSPS) is 10.3. The number of rotatable bonds is 5. The second-order valence-corrected chi connectivity index (χ2v) is 6.95. The second-order valence-electron chi connectivity index (χ2n) is 6.95. The number of amides is 1. The summed E-state index contributed by atoms with van der Waals surface area (Å²) in [7, 11) is 0. The molecule has 0 radical (unpaired) electrons. The maximum absolute atomic E-state index is 14.4. The van der Waals surface area contributed by atoms with Gasteiger partial charge < -0.3 is 21.5 Å². The molecule has 1 aromatic heterocycles. The molecule has 0 fully saturated rings. The highest BCUT2D eigenvalue weighted by Crippen LogP contribution is 2.25. The van der Waals surface area contributed by atoms with Gasteiger partial charge in [-0.2, -0.15) is 5.26 Å². The summed E-state index contributed by atoms with van der Waals surface area (Å²) in [5.41, 5.74) is 12.8. The summed E-state index contributed by atoms with van der Waals surface area (Å²) in [6.45, 7) is 0. The molecule has 0 spiro atoms. The molecule has 162 valence electrons. The van der Waals surface area contributed by atoms with Crippen molar-refractivity contribution in [3.8, 4) is 29.0 Å². The van der Waals surface area contributed by atoms with Gasteiger partial charge in [0.05, 0.1) is 29.1 Å². The van der Waals surface area contributed by atoms with Crippen LogP contribution in [0.5, 0.6) is 11.5 Å². The van der Waals surface area contributed by atoms with E-state index < -0.39 is 11.7 Å². The summed E-state index contributed by atoms with van der Waals surface area (Å²) in [6, 6.07) is 19.2. The third-order valence-electron chi connectivity index (χ3n) is 4.65. The van der Waals surface area contributed by atoms with Crippen molar-refractivity contribution in [3.05, 3.63) is 89.9 Å². The summed E-state index contributed by atoms with van der Waals surface area (Å²) in [5.74, 6) is 0.0804. The maximum atomic E-state index is 14.4. The number of hydrogen-bond acceptors (Lipinski definition) is 7. The lowest BCUT2D eigenvalue weighted by Gasteiger charge is -2.10. The maximum Gasteiger partial charge on any atom is 0.258 e. The van der Waals surface area contributed by atoms with Crippen LogP contribution in [0.3, 0.4) is 0 Å². The lowest BCUT2D eigenvalue weighted by atomic mass is 10.1. The first-order valence-electron chi connectivity index (χ1n) is 9.70. The van der Waals surface area contributed by atoms with Gasteiger partial charge in [0.2, 0.25) is 0 Å². The molecule has 1 heterocycles. The van der Waals surface area contributed by atoms with E-state index in [0.717, 1.165) is 6.07 Å². The average Bonchev–Trinajstić information content (AvgIpc) is 2.83. The van der Waals surface area contributed by atoms with Gasteiger partial charge in [0, 0.05) is 11.3 Å². The van der Waals surface area contributed by atoms with Gasteiger partial charge in [-0.25, -0.2) is 14.4 Å². The van der Waals surface area contributed by atoms with Crippen LogP contribution in [0.2, 0.25) is 0 Å². The zero-order valence-electron chi connectivity index (χ0n) is 17.1. The zero-order valence-corrected chi connectivity index (χ0v) is 17.1. The third-order valence-corrected chi connectivity index (χ3v) is 4.65. The van der Waals surface area contributed by atoms with Crippen molar-refractivity contribution in [3.63, 3.8) is 0 Å². The quantitative estimate of drug-likeness (QED) is 0.419. The van der Waals surface area contributed by atoms with Gasteiger partial charge in [-0.1, -0.05) is 0 Å². The van der Waals surface area contributed by atoms with E-state index >= 15 is 0 Å². The predicted octanol–water partition coefficient (Wildman–Crippen LogP) is 4.36. The number of carbonyl (C=O) groups is 1. The molecule has 0 saturated carbocycles. The SMILES string of the molecule is N#Cc1ccc(Oc2ccc(NC(=O)c3cc(-c4ncc(N)c(N)n4)ccc3F)cc2)cc1. The van der Waals surface area contributed by atoms with Crippen LogP contribution in [0.1, 0.15) is 15.9 Å². The van der Waals surface area contributed by atoms with Crippen LogP contribution in [0, 0.1) is 17.1 Å². The van der Waals surface area contributed by atoms with Gasteiger partial charge in [0.1, 0.15) is 17.3 Å². The molecular weight excluding hydrogens is 423 g/mol. The summed E-state index contributed by atoms with van der Waals surface area (Å²) < 4.78 is 20.1. The molecule has 9 heteroatoms. The van der Waals surface area contributed by atoms with E-state index in [1.807, 2.05) is 6.07 Å². The van der Waals surface area contributed by atoms with Crippen molar-refractivity contribution in [2.24, 2.45) is 0 Å². The Kier molecular flexibility index (Phi) is 5.82. The number of nitrogens with two attached hydrogens (primary N) is 2. The van der Waals surface area contributed by atoms with E-state index in [0.29, 0.717) is 28.3 Å². The van der Waals surface area contributed by atoms with E-state index in [-0.39, 0.29) is 22.9 Å². The van der Waals surface area contributed by atoms with E-state index in [1.54, 1.807) is 48.5 Å². The molecule has 33 heavy (non-hydrogen) atoms. The summed E-state index contributed by atoms with van der Waals surface area (Å²) in [6.07, 6.45) is 1.35. The van der Waals surface area contributed by atoms with Crippen LogP contribution in [0.25, 0.3) is 11.4 Å². The number of nitrogens with one attached hydrogen (secondary N) is 1. The van der Waals surface area contributed by atoms with Gasteiger partial charge in [-0.3, -0.25) is 4.79 Å². The Morgan fingerprint density at radius 3 is 2.30 bits per heavy atom. The van der Waals surface area contributed by atoms with E-state index in [1.165, 1.54) is 18.3 Å². The molecule has 0 aliphatic rings. The highest BCUT2D eigenvalue weighted by atomic mass is 19.1. The number of anilines is 3. The topological polar surface area (TPSA) is 140 Å². The minimum absolute atomic E-state index is 0.0960. The molecule has 8 nitrogen and oxygen atoms in total. The van der Waals surface area contributed by atoms with Gasteiger partial charge in [-0.05, 0) is 66.7 Å². The molecular formula is C24H17FN6O2. The minimum Gasteiger partial charge on any atom is -0.457 e. The van der Waals surface area contributed by atoms with Crippen molar-refractivity contribution in [2.75, 3.05) is 16.8 Å². The number of carbonyl (C=O) groups excluding carboxylic acids is 1. The molecule has 4 aromatic rings. The number of nitriles is 1. The second kappa shape index (κ2) is 9.03. The standard InChI is InChI=1S/C24H17FN6O2/c25-20-10-3-15(23-29-13-21(27)22(28)31-23)11-19(20)24(32)30-16-4-8-18(9-5-16)33-17-6-1-14(12-26)2-7-17/h1-11,13H,27H2,(H,30,32)(H2,28,29,31). The number of benzene rings is 3. The number of nitrogens with zero attached hydrogens (tertiary/aromatic N) is 3. The highest BCUT2D eigenvalue weighted by Gasteiger charge is 2.15. The summed E-state index contributed by atoms with van der Waals surface area (Å²) in [5, 5.41) is 11.5. The van der Waals surface area contributed by atoms with Crippen molar-refractivity contribution in [2.45, 2.75) is 0 Å². The smallest absolute Gasteiger partial charge is 0.258 e. The first-order valence-corrected chi connectivity index (χ1v) is 9.70. The van der Waals surface area contributed by atoms with Gasteiger partial charge >= 0.3 is 0 Å². The highest BCUT2D eigenvalue weighted by molar-refractivity contribution is 6.05. The minimum atomic E-state index is -0.694. The molecule has 0 aliphatic heterocycles. The number of halogens is 1. The largest absolute Gasteiger partial charge is 0.457 e. The van der Waals surface area contributed by atoms with Gasteiger partial charge in [0.25, 0.3) is 5.91 Å². The molecule has 0 saturated heterocycles. The van der Waals surface area contributed by atoms with Crippen molar-refractivity contribution >= 4 is 23.1 Å². The van der Waals surface area contributed by atoms with Crippen LogP contribution in [0.15, 0.2) is 72.9 Å². The van der Waals surface area contributed by atoms with Crippen molar-refractivity contribution in [1.29, 1.82) is 5.26 Å². The fourth-order valence-electron chi connectivity index (χ4n) is 2.92. The van der Waals surface area contributed by atoms with Crippen molar-refractivity contribution in [1.82, 2.24) is 9.97 Å². The van der Waals surface area contributed by atoms with Gasteiger partial charge in [-0.15, -0.1) is 0 Å². The van der Waals surface area contributed by atoms with E-state index in [2.05, 4.69) is 15.3 Å². The zero-order chi connectivity index (χ0) is 23.4. The molecule has 0 aliphatic carbocycles. The number of nitrogen functional groups attached to an aromatic ring is 2. The first-order chi connectivity index (χ1) is 15.9. The Morgan fingerprint density at radius 2 is 1.67 bits per heavy atom. The van der Waals surface area contributed by atoms with Crippen LogP contribution in [-0.4, -0.2) is 15.9 Å². The first kappa shape index (κ1) is 21.3. The van der Waals surface area contributed by atoms with Crippen LogP contribution >= 0.6 is 0 Å². The Labute approximate surface area is 188 Å². The van der Waals surface area contributed by atoms with Crippen LogP contribution in [-0.2, 0) is 0 Å². The average molecular weight is 440 g/mol. The molecule has 3 aromatic carbocycles. The Morgan fingerprint density at radius 1 is 1.00 bits per heavy atom. The van der Waals surface area contributed by atoms with E-state index in [9.17, 15) is 9.18 Å².